The Bertz CT molecular complexity index is 511. The van der Waals surface area contributed by atoms with Gasteiger partial charge in [0.2, 0.25) is 0 Å². The van der Waals surface area contributed by atoms with Crippen molar-refractivity contribution in [3.8, 4) is 0 Å². The third-order valence-corrected chi connectivity index (χ3v) is 2.49. The Morgan fingerprint density at radius 1 is 0.450 bits per heavy atom. The van der Waals surface area contributed by atoms with E-state index >= 15 is 0 Å². The Kier molecular flexibility index (Phi) is 7.99. The van der Waals surface area contributed by atoms with Crippen molar-refractivity contribution in [3.05, 3.63) is 110 Å². The lowest BCUT2D eigenvalue weighted by molar-refractivity contribution is 1.72. The molecule has 3 rings (SSSR count). The number of allylic oxidation sites excluding steroid dienone is 2. The highest BCUT2D eigenvalue weighted by atomic mass is 13.9. The molecule has 0 spiro atoms. The zero-order valence-electron chi connectivity index (χ0n) is 11.7. The number of fused-ring (bicyclic) bond motifs is 1. The zero-order valence-corrected chi connectivity index (χ0v) is 11.7. The molecule has 0 saturated carbocycles. The summed E-state index contributed by atoms with van der Waals surface area (Å²) in [5.41, 5.74) is 0. The monoisotopic (exact) mass is 260 g/mol. The molecule has 3 aromatic carbocycles. The molecule has 0 fully saturated rings. The van der Waals surface area contributed by atoms with Crippen LogP contribution < -0.4 is 0 Å². The normalized spacial score (nSPS) is 8.40. The first-order chi connectivity index (χ1) is 9.88. The molecule has 0 amide bonds. The molecule has 20 heavy (non-hydrogen) atoms. The SMILES string of the molecule is C=CC=C.c1ccc2ccccc2c1.c1ccccc1. The molecular formula is C20H20. The molecule has 0 bridgehead atoms. The minimum atomic E-state index is 1.31. The van der Waals surface area contributed by atoms with Gasteiger partial charge in [-0.05, 0) is 10.8 Å². The van der Waals surface area contributed by atoms with E-state index in [1.165, 1.54) is 10.8 Å². The van der Waals surface area contributed by atoms with Crippen LogP contribution in [-0.2, 0) is 0 Å². The van der Waals surface area contributed by atoms with Crippen molar-refractivity contribution >= 4 is 10.8 Å². The van der Waals surface area contributed by atoms with Gasteiger partial charge in [-0.15, -0.1) is 0 Å². The Morgan fingerprint density at radius 2 is 0.700 bits per heavy atom. The van der Waals surface area contributed by atoms with Gasteiger partial charge >= 0.3 is 0 Å². The summed E-state index contributed by atoms with van der Waals surface area (Å²) in [6.07, 6.45) is 3.28. The third-order valence-electron chi connectivity index (χ3n) is 2.49. The molecule has 0 unspecified atom stereocenters. The first-order valence-corrected chi connectivity index (χ1v) is 6.55. The second-order valence-electron chi connectivity index (χ2n) is 3.97. The van der Waals surface area contributed by atoms with Crippen molar-refractivity contribution in [3.63, 3.8) is 0 Å². The van der Waals surface area contributed by atoms with Gasteiger partial charge in [-0.1, -0.05) is 110 Å². The number of rotatable bonds is 1. The van der Waals surface area contributed by atoms with E-state index in [1.807, 2.05) is 36.4 Å². The van der Waals surface area contributed by atoms with E-state index < -0.39 is 0 Å². The van der Waals surface area contributed by atoms with E-state index in [0.29, 0.717) is 0 Å². The van der Waals surface area contributed by atoms with Crippen LogP contribution in [0.4, 0.5) is 0 Å². The van der Waals surface area contributed by atoms with E-state index in [2.05, 4.69) is 61.7 Å². The van der Waals surface area contributed by atoms with E-state index in [1.54, 1.807) is 12.2 Å². The first-order valence-electron chi connectivity index (χ1n) is 6.55. The van der Waals surface area contributed by atoms with Gasteiger partial charge in [0, 0.05) is 0 Å². The maximum atomic E-state index is 3.36. The minimum absolute atomic E-state index is 1.31. The van der Waals surface area contributed by atoms with Crippen LogP contribution in [0.2, 0.25) is 0 Å². The van der Waals surface area contributed by atoms with Crippen LogP contribution in [0.3, 0.4) is 0 Å². The highest BCUT2D eigenvalue weighted by Gasteiger charge is 1.85. The predicted octanol–water partition coefficient (Wildman–Crippen LogP) is 5.88. The highest BCUT2D eigenvalue weighted by molar-refractivity contribution is 5.81. The fourth-order valence-electron chi connectivity index (χ4n) is 1.52. The third kappa shape index (κ3) is 6.36. The van der Waals surface area contributed by atoms with Crippen molar-refractivity contribution in [2.45, 2.75) is 0 Å². The van der Waals surface area contributed by atoms with Crippen molar-refractivity contribution < 1.29 is 0 Å². The van der Waals surface area contributed by atoms with Gasteiger partial charge in [0.05, 0.1) is 0 Å². The van der Waals surface area contributed by atoms with Crippen LogP contribution in [0.15, 0.2) is 110 Å². The van der Waals surface area contributed by atoms with Crippen molar-refractivity contribution in [1.29, 1.82) is 0 Å². The number of hydrogen-bond donors (Lipinski definition) is 0. The quantitative estimate of drug-likeness (QED) is 0.479. The smallest absolute Gasteiger partial charge is 0.0184 e. The summed E-state index contributed by atoms with van der Waals surface area (Å²) < 4.78 is 0. The van der Waals surface area contributed by atoms with E-state index in [-0.39, 0.29) is 0 Å². The van der Waals surface area contributed by atoms with Crippen LogP contribution in [0.5, 0.6) is 0 Å². The van der Waals surface area contributed by atoms with Crippen LogP contribution >= 0.6 is 0 Å². The van der Waals surface area contributed by atoms with Crippen molar-refractivity contribution in [1.82, 2.24) is 0 Å². The van der Waals surface area contributed by atoms with Crippen molar-refractivity contribution in [2.24, 2.45) is 0 Å². The molecule has 3 aromatic rings. The average molecular weight is 260 g/mol. The van der Waals surface area contributed by atoms with Gasteiger partial charge in [0.15, 0.2) is 0 Å². The molecule has 0 N–H and O–H groups in total. The van der Waals surface area contributed by atoms with Crippen LogP contribution in [0.25, 0.3) is 10.8 Å². The molecule has 0 atom stereocenters. The number of hydrogen-bond acceptors (Lipinski definition) is 0. The molecule has 0 aliphatic rings. The van der Waals surface area contributed by atoms with Gasteiger partial charge in [0.1, 0.15) is 0 Å². The molecule has 0 aliphatic heterocycles. The zero-order chi connectivity index (χ0) is 14.5. The maximum absolute atomic E-state index is 3.36. The number of benzene rings is 3. The summed E-state index contributed by atoms with van der Waals surface area (Å²) >= 11 is 0. The Hall–Kier alpha value is -2.60. The molecule has 0 heterocycles. The van der Waals surface area contributed by atoms with Gasteiger partial charge in [-0.3, -0.25) is 0 Å². The average Bonchev–Trinajstić information content (AvgIpc) is 2.57. The van der Waals surface area contributed by atoms with Crippen LogP contribution in [0, 0.1) is 0 Å². The second-order valence-corrected chi connectivity index (χ2v) is 3.97. The van der Waals surface area contributed by atoms with Gasteiger partial charge < -0.3 is 0 Å². The molecular weight excluding hydrogens is 240 g/mol. The summed E-state index contributed by atoms with van der Waals surface area (Å²) in [7, 11) is 0. The van der Waals surface area contributed by atoms with Gasteiger partial charge in [0.25, 0.3) is 0 Å². The second kappa shape index (κ2) is 10.3. The van der Waals surface area contributed by atoms with Crippen LogP contribution in [-0.4, -0.2) is 0 Å². The van der Waals surface area contributed by atoms with Crippen LogP contribution in [0.1, 0.15) is 0 Å². The van der Waals surface area contributed by atoms with Gasteiger partial charge in [-0.25, -0.2) is 0 Å². The Morgan fingerprint density at radius 3 is 0.900 bits per heavy atom. The molecule has 0 saturated heterocycles. The summed E-state index contributed by atoms with van der Waals surface area (Å²) in [5, 5.41) is 2.62. The molecule has 100 valence electrons. The lowest BCUT2D eigenvalue weighted by Gasteiger charge is -1.92. The topological polar surface area (TPSA) is 0 Å². The minimum Gasteiger partial charge on any atom is -0.0991 e. The summed E-state index contributed by atoms with van der Waals surface area (Å²) in [6.45, 7) is 6.72. The Balaban J connectivity index is 0.000000172. The fourth-order valence-corrected chi connectivity index (χ4v) is 1.52. The summed E-state index contributed by atoms with van der Waals surface area (Å²) in [4.78, 5) is 0. The Labute approximate surface area is 121 Å². The molecule has 0 heteroatoms. The maximum Gasteiger partial charge on any atom is -0.0184 e. The van der Waals surface area contributed by atoms with Crippen molar-refractivity contribution in [2.75, 3.05) is 0 Å². The molecule has 0 aliphatic carbocycles. The van der Waals surface area contributed by atoms with E-state index in [4.69, 9.17) is 0 Å². The lowest BCUT2D eigenvalue weighted by Crippen LogP contribution is -1.67. The fraction of sp³-hybridized carbons (Fsp3) is 0. The standard InChI is InChI=1S/C10H8.C6H6.C4H6/c1-2-6-10-8-4-3-7-9(10)5-1;1-2-4-6-5-3-1;1-3-4-2/h1-8H;1-6H;3-4H,1-2H2. The first kappa shape index (κ1) is 15.5. The molecule has 0 aromatic heterocycles. The lowest BCUT2D eigenvalue weighted by atomic mass is 10.1. The molecule has 0 nitrogen and oxygen atoms in total. The molecule has 0 radical (unpaired) electrons. The highest BCUT2D eigenvalue weighted by Crippen LogP contribution is 2.11. The van der Waals surface area contributed by atoms with E-state index in [9.17, 15) is 0 Å². The van der Waals surface area contributed by atoms with E-state index in [0.717, 1.165) is 0 Å². The predicted molar refractivity (Wildman–Crippen MR) is 90.8 cm³/mol. The summed E-state index contributed by atoms with van der Waals surface area (Å²) in [5.74, 6) is 0. The van der Waals surface area contributed by atoms with Gasteiger partial charge in [-0.2, -0.15) is 0 Å². The summed E-state index contributed by atoms with van der Waals surface area (Å²) in [6, 6.07) is 28.7. The largest absolute Gasteiger partial charge is 0.0991 e.